The van der Waals surface area contributed by atoms with Crippen LogP contribution in [0, 0.1) is 11.3 Å². The van der Waals surface area contributed by atoms with Gasteiger partial charge in [0.2, 0.25) is 0 Å². The van der Waals surface area contributed by atoms with Crippen LogP contribution in [0.2, 0.25) is 0 Å². The first kappa shape index (κ1) is 9.47. The first-order valence-corrected chi connectivity index (χ1v) is 5.57. The van der Waals surface area contributed by atoms with E-state index in [1.54, 1.807) is 7.11 Å². The summed E-state index contributed by atoms with van der Waals surface area (Å²) in [7, 11) is 1.77. The molecule has 0 bridgehead atoms. The molecular weight excluding hydrogens is 162 g/mol. The molecule has 0 heterocycles. The molecule has 0 amide bonds. The van der Waals surface area contributed by atoms with Crippen LogP contribution in [0.3, 0.4) is 0 Å². The van der Waals surface area contributed by atoms with Gasteiger partial charge in [-0.25, -0.2) is 0 Å². The van der Waals surface area contributed by atoms with Crippen molar-refractivity contribution in [3.05, 3.63) is 0 Å². The Labute approximate surface area is 81.0 Å². The second kappa shape index (κ2) is 3.97. The van der Waals surface area contributed by atoms with E-state index in [0.29, 0.717) is 5.41 Å². The zero-order valence-corrected chi connectivity index (χ0v) is 8.64. The fraction of sp³-hybridized carbons (Fsp3) is 1.00. The van der Waals surface area contributed by atoms with E-state index in [4.69, 9.17) is 4.74 Å². The first-order valence-electron chi connectivity index (χ1n) is 5.57. The third-order valence-electron chi connectivity index (χ3n) is 3.75. The van der Waals surface area contributed by atoms with Crippen LogP contribution in [-0.4, -0.2) is 26.8 Å². The van der Waals surface area contributed by atoms with Crippen molar-refractivity contribution in [2.75, 3.05) is 26.8 Å². The van der Waals surface area contributed by atoms with Gasteiger partial charge in [-0.05, 0) is 37.0 Å². The van der Waals surface area contributed by atoms with E-state index in [2.05, 4.69) is 5.32 Å². The molecule has 13 heavy (non-hydrogen) atoms. The van der Waals surface area contributed by atoms with Crippen molar-refractivity contribution in [3.8, 4) is 0 Å². The van der Waals surface area contributed by atoms with E-state index in [0.717, 1.165) is 19.1 Å². The summed E-state index contributed by atoms with van der Waals surface area (Å²) in [6.07, 6.45) is 7.38. The van der Waals surface area contributed by atoms with Gasteiger partial charge < -0.3 is 10.1 Å². The molecule has 2 saturated carbocycles. The number of rotatable bonds is 6. The number of hydrogen-bond donors (Lipinski definition) is 1. The smallest absolute Gasteiger partial charge is 0.0587 e. The summed E-state index contributed by atoms with van der Waals surface area (Å²) in [5.41, 5.74) is 0.716. The van der Waals surface area contributed by atoms with E-state index in [1.165, 1.54) is 38.6 Å². The van der Waals surface area contributed by atoms with E-state index < -0.39 is 0 Å². The molecule has 2 nitrogen and oxygen atoms in total. The summed E-state index contributed by atoms with van der Waals surface area (Å²) in [5, 5.41) is 3.53. The highest BCUT2D eigenvalue weighted by Crippen LogP contribution is 2.56. The normalized spacial score (nSPS) is 25.6. The molecular formula is C11H21NO. The molecule has 2 fully saturated rings. The van der Waals surface area contributed by atoms with Crippen molar-refractivity contribution >= 4 is 0 Å². The average molecular weight is 183 g/mol. The topological polar surface area (TPSA) is 21.3 Å². The maximum Gasteiger partial charge on any atom is 0.0587 e. The number of hydrogen-bond acceptors (Lipinski definition) is 2. The predicted molar refractivity (Wildman–Crippen MR) is 53.8 cm³/mol. The molecule has 0 spiro atoms. The van der Waals surface area contributed by atoms with Crippen molar-refractivity contribution in [3.63, 3.8) is 0 Å². The van der Waals surface area contributed by atoms with Crippen LogP contribution in [0.25, 0.3) is 0 Å². The molecule has 0 unspecified atom stereocenters. The van der Waals surface area contributed by atoms with Crippen molar-refractivity contribution in [2.45, 2.75) is 32.1 Å². The predicted octanol–water partition coefficient (Wildman–Crippen LogP) is 1.80. The lowest BCUT2D eigenvalue weighted by Gasteiger charge is -2.43. The van der Waals surface area contributed by atoms with Gasteiger partial charge >= 0.3 is 0 Å². The van der Waals surface area contributed by atoms with Gasteiger partial charge in [0.1, 0.15) is 0 Å². The molecule has 76 valence electrons. The van der Waals surface area contributed by atoms with Crippen LogP contribution >= 0.6 is 0 Å². The number of ether oxygens (including phenoxy) is 1. The van der Waals surface area contributed by atoms with Crippen LogP contribution in [-0.2, 0) is 4.74 Å². The monoisotopic (exact) mass is 183 g/mol. The van der Waals surface area contributed by atoms with Crippen molar-refractivity contribution < 1.29 is 4.74 Å². The molecule has 0 radical (unpaired) electrons. The quantitative estimate of drug-likeness (QED) is 0.634. The lowest BCUT2D eigenvalue weighted by molar-refractivity contribution is 0.0948. The van der Waals surface area contributed by atoms with Gasteiger partial charge in [0.15, 0.2) is 0 Å². The standard InChI is InChI=1S/C11H21NO/c1-13-8-7-12-9-11(5-2-6-11)10-3-4-10/h10,12H,2-9H2,1H3. The molecule has 2 rings (SSSR count). The number of methoxy groups -OCH3 is 1. The minimum Gasteiger partial charge on any atom is -0.383 e. The molecule has 0 aromatic carbocycles. The molecule has 0 atom stereocenters. The van der Waals surface area contributed by atoms with Crippen molar-refractivity contribution in [1.29, 1.82) is 0 Å². The molecule has 0 aromatic heterocycles. The number of nitrogens with one attached hydrogen (secondary N) is 1. The molecule has 0 aliphatic heterocycles. The Morgan fingerprint density at radius 3 is 2.62 bits per heavy atom. The summed E-state index contributed by atoms with van der Waals surface area (Å²) in [5.74, 6) is 1.07. The lowest BCUT2D eigenvalue weighted by atomic mass is 9.65. The van der Waals surface area contributed by atoms with Gasteiger partial charge in [0, 0.05) is 20.2 Å². The van der Waals surface area contributed by atoms with E-state index in [9.17, 15) is 0 Å². The van der Waals surface area contributed by atoms with Crippen LogP contribution in [0.15, 0.2) is 0 Å². The minimum absolute atomic E-state index is 0.716. The molecule has 0 aromatic rings. The lowest BCUT2D eigenvalue weighted by Crippen LogP contribution is -2.42. The maximum atomic E-state index is 5.02. The van der Waals surface area contributed by atoms with Crippen LogP contribution in [0.5, 0.6) is 0 Å². The SMILES string of the molecule is COCCNCC1(C2CC2)CCC1. The third-order valence-corrected chi connectivity index (χ3v) is 3.75. The second-order valence-corrected chi connectivity index (χ2v) is 4.66. The highest BCUT2D eigenvalue weighted by molar-refractivity contribution is 5.00. The van der Waals surface area contributed by atoms with Gasteiger partial charge in [-0.3, -0.25) is 0 Å². The fourth-order valence-corrected chi connectivity index (χ4v) is 2.57. The Morgan fingerprint density at radius 1 is 1.38 bits per heavy atom. The summed E-state index contributed by atoms with van der Waals surface area (Å²) in [6, 6.07) is 0. The largest absolute Gasteiger partial charge is 0.383 e. The minimum atomic E-state index is 0.716. The summed E-state index contributed by atoms with van der Waals surface area (Å²) >= 11 is 0. The summed E-state index contributed by atoms with van der Waals surface area (Å²) in [6.45, 7) is 3.10. The maximum absolute atomic E-state index is 5.02. The Hall–Kier alpha value is -0.0800. The van der Waals surface area contributed by atoms with E-state index in [-0.39, 0.29) is 0 Å². The van der Waals surface area contributed by atoms with Crippen LogP contribution in [0.1, 0.15) is 32.1 Å². The third kappa shape index (κ3) is 2.05. The average Bonchev–Trinajstić information content (AvgIpc) is 2.85. The summed E-state index contributed by atoms with van der Waals surface area (Å²) < 4.78 is 5.02. The molecule has 2 aliphatic rings. The second-order valence-electron chi connectivity index (χ2n) is 4.66. The highest BCUT2D eigenvalue weighted by atomic mass is 16.5. The van der Waals surface area contributed by atoms with E-state index in [1.807, 2.05) is 0 Å². The Kier molecular flexibility index (Phi) is 2.89. The molecule has 2 aliphatic carbocycles. The van der Waals surface area contributed by atoms with Crippen molar-refractivity contribution in [1.82, 2.24) is 5.32 Å². The molecule has 0 saturated heterocycles. The van der Waals surface area contributed by atoms with Crippen molar-refractivity contribution in [2.24, 2.45) is 11.3 Å². The first-order chi connectivity index (χ1) is 6.37. The fourth-order valence-electron chi connectivity index (χ4n) is 2.57. The van der Waals surface area contributed by atoms with Gasteiger partial charge in [-0.1, -0.05) is 6.42 Å². The van der Waals surface area contributed by atoms with Crippen LogP contribution in [0.4, 0.5) is 0 Å². The van der Waals surface area contributed by atoms with E-state index >= 15 is 0 Å². The van der Waals surface area contributed by atoms with Gasteiger partial charge in [-0.15, -0.1) is 0 Å². The summed E-state index contributed by atoms with van der Waals surface area (Å²) in [4.78, 5) is 0. The zero-order valence-electron chi connectivity index (χ0n) is 8.64. The highest BCUT2D eigenvalue weighted by Gasteiger charge is 2.48. The molecule has 2 heteroatoms. The van der Waals surface area contributed by atoms with Crippen LogP contribution < -0.4 is 5.32 Å². The molecule has 1 N–H and O–H groups in total. The van der Waals surface area contributed by atoms with Gasteiger partial charge in [0.25, 0.3) is 0 Å². The Bertz CT molecular complexity index is 161. The van der Waals surface area contributed by atoms with Gasteiger partial charge in [0.05, 0.1) is 6.61 Å². The Balaban J connectivity index is 1.66. The van der Waals surface area contributed by atoms with Gasteiger partial charge in [-0.2, -0.15) is 0 Å². The Morgan fingerprint density at radius 2 is 2.15 bits per heavy atom. The zero-order chi connectivity index (χ0) is 9.15.